The Labute approximate surface area is 299 Å². The van der Waals surface area contributed by atoms with E-state index in [9.17, 15) is 30.0 Å². The molecule has 3 rings (SSSR count). The summed E-state index contributed by atoms with van der Waals surface area (Å²) in [6, 6.07) is -0.270. The monoisotopic (exact) mass is 717 g/mol. The van der Waals surface area contributed by atoms with E-state index in [2.05, 4.69) is 0 Å². The lowest BCUT2D eigenvalue weighted by molar-refractivity contribution is -0.317. The summed E-state index contributed by atoms with van der Waals surface area (Å²) >= 11 is 0. The molecule has 0 saturated carbocycles. The summed E-state index contributed by atoms with van der Waals surface area (Å²) in [6.45, 7) is 17.6. The molecule has 3 aliphatic heterocycles. The van der Waals surface area contributed by atoms with Crippen LogP contribution in [0, 0.1) is 29.6 Å². The third kappa shape index (κ3) is 9.45. The van der Waals surface area contributed by atoms with E-state index in [4.69, 9.17) is 28.4 Å². The molecule has 3 fully saturated rings. The maximum atomic E-state index is 14.1. The smallest absolute Gasteiger partial charge is 0.311 e. The Kier molecular flexibility index (Phi) is 14.9. The minimum absolute atomic E-state index is 0.0761. The van der Waals surface area contributed by atoms with E-state index < -0.39 is 102 Å². The van der Waals surface area contributed by atoms with Crippen molar-refractivity contribution in [1.82, 2.24) is 4.90 Å². The van der Waals surface area contributed by atoms with Gasteiger partial charge in [0, 0.05) is 43.2 Å². The van der Waals surface area contributed by atoms with Crippen molar-refractivity contribution < 1.29 is 58.4 Å². The molecule has 3 saturated heterocycles. The van der Waals surface area contributed by atoms with Gasteiger partial charge in [0.15, 0.2) is 12.6 Å². The molecular formula is C37H67NO12. The van der Waals surface area contributed by atoms with Crippen LogP contribution in [-0.4, -0.2) is 137 Å². The average Bonchev–Trinajstić information content (AvgIpc) is 3.05. The third-order valence-corrected chi connectivity index (χ3v) is 11.8. The number of nitrogens with zero attached hydrogens (tertiary/aromatic N) is 1. The lowest BCUT2D eigenvalue weighted by Gasteiger charge is -2.49. The number of carbonyl (C=O) groups is 2. The number of hydrogen-bond acceptors (Lipinski definition) is 13. The van der Waals surface area contributed by atoms with E-state index in [1.807, 2.05) is 46.7 Å². The molecule has 0 aromatic carbocycles. The molecule has 4 N–H and O–H groups in total. The predicted octanol–water partition coefficient (Wildman–Crippen LogP) is 2.67. The highest BCUT2D eigenvalue weighted by Crippen LogP contribution is 2.41. The fourth-order valence-corrected chi connectivity index (χ4v) is 8.34. The van der Waals surface area contributed by atoms with Crippen LogP contribution in [0.3, 0.4) is 0 Å². The molecule has 0 aromatic rings. The number of ketones is 1. The van der Waals surface area contributed by atoms with Gasteiger partial charge in [-0.05, 0) is 68.0 Å². The normalized spacial score (nSPS) is 49.0. The topological polar surface area (TPSA) is 174 Å². The van der Waals surface area contributed by atoms with Gasteiger partial charge in [0.05, 0.1) is 47.6 Å². The highest BCUT2D eigenvalue weighted by molar-refractivity contribution is 5.83. The molecule has 0 aromatic heterocycles. The van der Waals surface area contributed by atoms with Crippen LogP contribution in [0.15, 0.2) is 0 Å². The summed E-state index contributed by atoms with van der Waals surface area (Å²) in [6.07, 6.45) is -7.90. The molecule has 13 heteroatoms. The molecule has 292 valence electrons. The first-order valence-electron chi connectivity index (χ1n) is 18.4. The van der Waals surface area contributed by atoms with Crippen molar-refractivity contribution in [1.29, 1.82) is 0 Å². The zero-order chi connectivity index (χ0) is 38.0. The number of hydrogen-bond donors (Lipinski definition) is 4. The quantitative estimate of drug-likeness (QED) is 0.284. The van der Waals surface area contributed by atoms with E-state index in [0.717, 1.165) is 0 Å². The van der Waals surface area contributed by atoms with Gasteiger partial charge in [0.2, 0.25) is 0 Å². The Balaban J connectivity index is 2.19. The van der Waals surface area contributed by atoms with Gasteiger partial charge >= 0.3 is 5.97 Å². The van der Waals surface area contributed by atoms with E-state index in [0.29, 0.717) is 12.8 Å². The lowest BCUT2D eigenvalue weighted by atomic mass is 9.74. The van der Waals surface area contributed by atoms with Crippen LogP contribution in [0.5, 0.6) is 0 Å². The molecule has 50 heavy (non-hydrogen) atoms. The van der Waals surface area contributed by atoms with Crippen LogP contribution in [-0.2, 0) is 38.0 Å². The zero-order valence-electron chi connectivity index (χ0n) is 32.6. The van der Waals surface area contributed by atoms with Gasteiger partial charge in [-0.2, -0.15) is 0 Å². The molecule has 0 bridgehead atoms. The van der Waals surface area contributed by atoms with Gasteiger partial charge in [-0.1, -0.05) is 34.6 Å². The van der Waals surface area contributed by atoms with Crippen LogP contribution in [0.2, 0.25) is 0 Å². The second-order valence-corrected chi connectivity index (χ2v) is 16.2. The van der Waals surface area contributed by atoms with Gasteiger partial charge in [0.25, 0.3) is 0 Å². The van der Waals surface area contributed by atoms with Gasteiger partial charge in [-0.3, -0.25) is 9.59 Å². The molecular weight excluding hydrogens is 650 g/mol. The van der Waals surface area contributed by atoms with Crippen LogP contribution in [0.1, 0.15) is 94.9 Å². The standard InChI is InChI=1S/C37H67NO12/c1-14-26-20(4)29(40)21(5)28(39)18(2)16-37(10,45-13)33(50-35-30(41)25(38(11)12)15-19(3)46-35)22(6)31(23(7)34(43)48-26)49-27-17-36(9,44)32(42)24(8)47-27/h18-27,29-33,35,40-42,44H,14-17H2,1-13H3/t18-,19-,20+,21+,22+,23-,24+,25+,26?,27+,29+,30-,31?,32+,33-,35+,36-,37-/m1/s1. The highest BCUT2D eigenvalue weighted by Gasteiger charge is 2.52. The predicted molar refractivity (Wildman–Crippen MR) is 185 cm³/mol. The third-order valence-electron chi connectivity index (χ3n) is 11.8. The second kappa shape index (κ2) is 17.3. The number of cyclic esters (lactones) is 1. The summed E-state index contributed by atoms with van der Waals surface area (Å²) in [5.41, 5.74) is -2.73. The molecule has 0 amide bonds. The minimum atomic E-state index is -1.53. The number of rotatable bonds is 7. The first kappa shape index (κ1) is 43.1. The lowest BCUT2D eigenvalue weighted by Crippen LogP contribution is -2.61. The Bertz CT molecular complexity index is 1120. The van der Waals surface area contributed by atoms with E-state index in [-0.39, 0.29) is 30.8 Å². The number of aliphatic hydroxyl groups excluding tert-OH is 3. The first-order valence-corrected chi connectivity index (χ1v) is 18.4. The largest absolute Gasteiger partial charge is 0.462 e. The Morgan fingerprint density at radius 3 is 2.04 bits per heavy atom. The Hall–Kier alpha value is -1.26. The maximum Gasteiger partial charge on any atom is 0.311 e. The molecule has 0 radical (unpaired) electrons. The fourth-order valence-electron chi connectivity index (χ4n) is 8.34. The molecule has 3 heterocycles. The Morgan fingerprint density at radius 2 is 1.50 bits per heavy atom. The van der Waals surface area contributed by atoms with Crippen LogP contribution < -0.4 is 0 Å². The average molecular weight is 718 g/mol. The molecule has 2 unspecified atom stereocenters. The number of likely N-dealkylation sites (N-methyl/N-ethyl adjacent to an activating group) is 1. The van der Waals surface area contributed by atoms with Crippen molar-refractivity contribution >= 4 is 11.8 Å². The number of aliphatic hydroxyl groups is 4. The van der Waals surface area contributed by atoms with Crippen LogP contribution >= 0.6 is 0 Å². The van der Waals surface area contributed by atoms with Gasteiger partial charge in [0.1, 0.15) is 24.1 Å². The molecule has 0 spiro atoms. The number of carbonyl (C=O) groups excluding carboxylic acids is 2. The van der Waals surface area contributed by atoms with Gasteiger partial charge < -0.3 is 53.7 Å². The number of esters is 1. The van der Waals surface area contributed by atoms with Crippen molar-refractivity contribution in [3.8, 4) is 0 Å². The second-order valence-electron chi connectivity index (χ2n) is 16.2. The van der Waals surface area contributed by atoms with E-state index in [1.54, 1.807) is 34.6 Å². The number of Topliss-reactive ketones (excluding diaryl/α,β-unsaturated/α-hetero) is 1. The van der Waals surface area contributed by atoms with Crippen molar-refractivity contribution in [2.75, 3.05) is 21.2 Å². The van der Waals surface area contributed by atoms with Gasteiger partial charge in [-0.25, -0.2) is 0 Å². The van der Waals surface area contributed by atoms with Crippen molar-refractivity contribution in [2.45, 2.75) is 174 Å². The summed E-state index contributed by atoms with van der Waals surface area (Å²) < 4.78 is 38.0. The highest BCUT2D eigenvalue weighted by atomic mass is 16.7. The summed E-state index contributed by atoms with van der Waals surface area (Å²) in [5, 5.41) is 44.6. The van der Waals surface area contributed by atoms with Crippen LogP contribution in [0.25, 0.3) is 0 Å². The SMILES string of the molecule is CCC1OC(=O)[C@H](C)C(O[C@H]2C[C@@](C)(O)[C@@H](O)[C@H](C)O2)[C@H](C)[C@@H](O[C@@H]2O[C@H](C)C[C@H](N(C)C)[C@H]2O)[C@](C)(OC)C[C@@H](C)C(=O)[C@H](C)[C@@H](O)[C@H]1C. The summed E-state index contributed by atoms with van der Waals surface area (Å²) in [4.78, 5) is 29.9. The molecule has 0 aliphatic carbocycles. The summed E-state index contributed by atoms with van der Waals surface area (Å²) in [5.74, 6) is -4.23. The van der Waals surface area contributed by atoms with Crippen molar-refractivity contribution in [3.63, 3.8) is 0 Å². The fraction of sp³-hybridized carbons (Fsp3) is 0.946. The molecule has 18 atom stereocenters. The zero-order valence-corrected chi connectivity index (χ0v) is 32.6. The summed E-state index contributed by atoms with van der Waals surface area (Å²) in [7, 11) is 5.29. The van der Waals surface area contributed by atoms with Crippen LogP contribution in [0.4, 0.5) is 0 Å². The van der Waals surface area contributed by atoms with Crippen molar-refractivity contribution in [3.05, 3.63) is 0 Å². The maximum absolute atomic E-state index is 14.1. The molecule has 3 aliphatic rings. The van der Waals surface area contributed by atoms with E-state index >= 15 is 0 Å². The van der Waals surface area contributed by atoms with Crippen molar-refractivity contribution in [2.24, 2.45) is 29.6 Å². The number of methoxy groups -OCH3 is 1. The molecule has 13 nitrogen and oxygen atoms in total. The Morgan fingerprint density at radius 1 is 0.880 bits per heavy atom. The number of ether oxygens (including phenoxy) is 6. The minimum Gasteiger partial charge on any atom is -0.462 e. The first-order chi connectivity index (χ1) is 23.1. The van der Waals surface area contributed by atoms with E-state index in [1.165, 1.54) is 14.0 Å². The van der Waals surface area contributed by atoms with Gasteiger partial charge in [-0.15, -0.1) is 0 Å².